The molecular formula is C15H19N3O2S. The van der Waals surface area contributed by atoms with Gasteiger partial charge in [0.25, 0.3) is 0 Å². The number of aromatic nitrogens is 2. The smallest absolute Gasteiger partial charge is 0.230 e. The maximum atomic E-state index is 11.9. The quantitative estimate of drug-likeness (QED) is 0.889. The highest BCUT2D eigenvalue weighted by Crippen LogP contribution is 2.17. The third-order valence-electron chi connectivity index (χ3n) is 3.07. The van der Waals surface area contributed by atoms with Gasteiger partial charge in [-0.3, -0.25) is 4.79 Å². The Morgan fingerprint density at radius 1 is 1.38 bits per heavy atom. The summed E-state index contributed by atoms with van der Waals surface area (Å²) in [5.41, 5.74) is 2.32. The molecule has 112 valence electrons. The third kappa shape index (κ3) is 4.60. The van der Waals surface area contributed by atoms with Gasteiger partial charge in [-0.05, 0) is 25.0 Å². The SMILES string of the molecule is Cc1nc(CSCC(=O)N[C@H](C)c2ccccc2C)no1. The molecule has 1 aromatic heterocycles. The molecule has 0 spiro atoms. The Kier molecular flexibility index (Phi) is 5.38. The molecule has 0 bridgehead atoms. The first-order valence-electron chi connectivity index (χ1n) is 6.78. The van der Waals surface area contributed by atoms with Crippen LogP contribution in [-0.4, -0.2) is 21.8 Å². The lowest BCUT2D eigenvalue weighted by atomic mass is 10.0. The average molecular weight is 305 g/mol. The van der Waals surface area contributed by atoms with E-state index in [4.69, 9.17) is 4.52 Å². The van der Waals surface area contributed by atoms with Crippen molar-refractivity contribution in [2.45, 2.75) is 32.6 Å². The fourth-order valence-electron chi connectivity index (χ4n) is 2.07. The van der Waals surface area contributed by atoms with Gasteiger partial charge in [0.1, 0.15) is 0 Å². The highest BCUT2D eigenvalue weighted by molar-refractivity contribution is 7.99. The van der Waals surface area contributed by atoms with Crippen LogP contribution in [-0.2, 0) is 10.5 Å². The summed E-state index contributed by atoms with van der Waals surface area (Å²) in [6, 6.07) is 8.07. The lowest BCUT2D eigenvalue weighted by Crippen LogP contribution is -2.28. The monoisotopic (exact) mass is 305 g/mol. The zero-order valence-corrected chi connectivity index (χ0v) is 13.2. The molecule has 0 fully saturated rings. The van der Waals surface area contributed by atoms with Crippen LogP contribution in [0.2, 0.25) is 0 Å². The topological polar surface area (TPSA) is 68.0 Å². The summed E-state index contributed by atoms with van der Waals surface area (Å²) in [6.45, 7) is 5.79. The Hall–Kier alpha value is -1.82. The summed E-state index contributed by atoms with van der Waals surface area (Å²) in [7, 11) is 0. The highest BCUT2D eigenvalue weighted by Gasteiger charge is 2.11. The lowest BCUT2D eigenvalue weighted by molar-refractivity contribution is -0.119. The number of aryl methyl sites for hydroxylation is 2. The van der Waals surface area contributed by atoms with Crippen molar-refractivity contribution >= 4 is 17.7 Å². The minimum atomic E-state index is 0.00622. The van der Waals surface area contributed by atoms with Crippen molar-refractivity contribution in [3.8, 4) is 0 Å². The van der Waals surface area contributed by atoms with Crippen LogP contribution >= 0.6 is 11.8 Å². The summed E-state index contributed by atoms with van der Waals surface area (Å²) >= 11 is 1.47. The second-order valence-corrected chi connectivity index (χ2v) is 5.85. The first-order valence-corrected chi connectivity index (χ1v) is 7.93. The standard InChI is InChI=1S/C15H19N3O2S/c1-10-6-4-5-7-13(10)11(2)16-15(19)9-21-8-14-17-12(3)20-18-14/h4-7,11H,8-9H2,1-3H3,(H,16,19)/t11-/m1/s1. The van der Waals surface area contributed by atoms with Gasteiger partial charge in [0, 0.05) is 6.92 Å². The predicted molar refractivity (Wildman–Crippen MR) is 82.9 cm³/mol. The number of rotatable bonds is 6. The van der Waals surface area contributed by atoms with Gasteiger partial charge in [0.15, 0.2) is 5.82 Å². The van der Waals surface area contributed by atoms with E-state index in [1.165, 1.54) is 17.3 Å². The van der Waals surface area contributed by atoms with Gasteiger partial charge in [-0.15, -0.1) is 11.8 Å². The molecule has 1 amide bonds. The van der Waals surface area contributed by atoms with Crippen molar-refractivity contribution in [3.05, 3.63) is 47.1 Å². The molecule has 0 aliphatic carbocycles. The summed E-state index contributed by atoms with van der Waals surface area (Å²) in [4.78, 5) is 16.0. The van der Waals surface area contributed by atoms with Crippen LogP contribution < -0.4 is 5.32 Å². The van der Waals surface area contributed by atoms with Crippen molar-refractivity contribution in [1.82, 2.24) is 15.5 Å². The fourth-order valence-corrected chi connectivity index (χ4v) is 2.74. The number of carbonyl (C=O) groups is 1. The number of amides is 1. The molecule has 1 heterocycles. The van der Waals surface area contributed by atoms with E-state index in [0.717, 1.165) is 5.56 Å². The Morgan fingerprint density at radius 2 is 2.14 bits per heavy atom. The van der Waals surface area contributed by atoms with Crippen molar-refractivity contribution in [2.75, 3.05) is 5.75 Å². The van der Waals surface area contributed by atoms with E-state index in [2.05, 4.69) is 15.5 Å². The molecule has 21 heavy (non-hydrogen) atoms. The molecule has 1 atom stereocenters. The van der Waals surface area contributed by atoms with E-state index in [-0.39, 0.29) is 11.9 Å². The zero-order valence-electron chi connectivity index (χ0n) is 12.4. The second kappa shape index (κ2) is 7.26. The first-order chi connectivity index (χ1) is 10.1. The maximum Gasteiger partial charge on any atom is 0.230 e. The molecular weight excluding hydrogens is 286 g/mol. The average Bonchev–Trinajstić information content (AvgIpc) is 2.84. The van der Waals surface area contributed by atoms with Crippen molar-refractivity contribution in [2.24, 2.45) is 0 Å². The van der Waals surface area contributed by atoms with Gasteiger partial charge in [-0.25, -0.2) is 0 Å². The van der Waals surface area contributed by atoms with Gasteiger partial charge < -0.3 is 9.84 Å². The summed E-state index contributed by atoms with van der Waals surface area (Å²) in [5, 5.41) is 6.80. The van der Waals surface area contributed by atoms with Crippen LogP contribution in [0.5, 0.6) is 0 Å². The number of benzene rings is 1. The van der Waals surface area contributed by atoms with Crippen LogP contribution in [0.4, 0.5) is 0 Å². The van der Waals surface area contributed by atoms with E-state index in [1.54, 1.807) is 6.92 Å². The molecule has 0 unspecified atom stereocenters. The summed E-state index contributed by atoms with van der Waals surface area (Å²) < 4.78 is 4.88. The van der Waals surface area contributed by atoms with Gasteiger partial charge >= 0.3 is 0 Å². The maximum absolute atomic E-state index is 11.9. The minimum Gasteiger partial charge on any atom is -0.349 e. The summed E-state index contributed by atoms with van der Waals surface area (Å²) in [6.07, 6.45) is 0. The van der Waals surface area contributed by atoms with Crippen LogP contribution in [0.25, 0.3) is 0 Å². The van der Waals surface area contributed by atoms with Crippen LogP contribution in [0.15, 0.2) is 28.8 Å². The van der Waals surface area contributed by atoms with Gasteiger partial charge in [-0.2, -0.15) is 4.98 Å². The molecule has 5 nitrogen and oxygen atoms in total. The van der Waals surface area contributed by atoms with E-state index in [1.807, 2.05) is 38.1 Å². The summed E-state index contributed by atoms with van der Waals surface area (Å²) in [5.74, 6) is 2.13. The molecule has 0 aliphatic heterocycles. The molecule has 2 aromatic rings. The zero-order chi connectivity index (χ0) is 15.2. The molecule has 0 radical (unpaired) electrons. The predicted octanol–water partition coefficient (Wildman–Crippen LogP) is 2.80. The fraction of sp³-hybridized carbons (Fsp3) is 0.400. The van der Waals surface area contributed by atoms with E-state index in [0.29, 0.717) is 23.2 Å². The van der Waals surface area contributed by atoms with E-state index in [9.17, 15) is 4.79 Å². The highest BCUT2D eigenvalue weighted by atomic mass is 32.2. The lowest BCUT2D eigenvalue weighted by Gasteiger charge is -2.16. The Bertz CT molecular complexity index is 612. The molecule has 6 heteroatoms. The van der Waals surface area contributed by atoms with Gasteiger partial charge in [0.05, 0.1) is 17.5 Å². The Morgan fingerprint density at radius 3 is 2.81 bits per heavy atom. The number of hydrogen-bond acceptors (Lipinski definition) is 5. The van der Waals surface area contributed by atoms with E-state index < -0.39 is 0 Å². The Balaban J connectivity index is 1.78. The van der Waals surface area contributed by atoms with Crippen LogP contribution in [0.1, 0.15) is 35.8 Å². The van der Waals surface area contributed by atoms with Crippen LogP contribution in [0.3, 0.4) is 0 Å². The first kappa shape index (κ1) is 15.6. The molecule has 1 aromatic carbocycles. The minimum absolute atomic E-state index is 0.00622. The second-order valence-electron chi connectivity index (χ2n) is 4.87. The number of thioether (sulfide) groups is 1. The number of carbonyl (C=O) groups excluding carboxylic acids is 1. The van der Waals surface area contributed by atoms with Gasteiger partial charge in [-0.1, -0.05) is 29.4 Å². The molecule has 2 rings (SSSR count). The Labute approximate surface area is 128 Å². The van der Waals surface area contributed by atoms with Crippen molar-refractivity contribution in [3.63, 3.8) is 0 Å². The number of hydrogen-bond donors (Lipinski definition) is 1. The van der Waals surface area contributed by atoms with Crippen molar-refractivity contribution < 1.29 is 9.32 Å². The largest absolute Gasteiger partial charge is 0.349 e. The van der Waals surface area contributed by atoms with E-state index >= 15 is 0 Å². The number of nitrogens with one attached hydrogen (secondary N) is 1. The normalized spacial score (nSPS) is 12.1. The molecule has 0 saturated heterocycles. The molecule has 0 saturated carbocycles. The third-order valence-corrected chi connectivity index (χ3v) is 4.00. The molecule has 0 aliphatic rings. The van der Waals surface area contributed by atoms with Crippen LogP contribution in [0, 0.1) is 13.8 Å². The number of nitrogens with zero attached hydrogens (tertiary/aromatic N) is 2. The molecule has 1 N–H and O–H groups in total. The van der Waals surface area contributed by atoms with Gasteiger partial charge in [0.2, 0.25) is 11.8 Å². The van der Waals surface area contributed by atoms with Crippen molar-refractivity contribution in [1.29, 1.82) is 0 Å².